The van der Waals surface area contributed by atoms with Crippen LogP contribution in [0.2, 0.25) is 0 Å². The fraction of sp³-hybridized carbons (Fsp3) is 0.538. The third-order valence-corrected chi connectivity index (χ3v) is 5.90. The van der Waals surface area contributed by atoms with Gasteiger partial charge < -0.3 is 29.4 Å². The van der Waals surface area contributed by atoms with Gasteiger partial charge in [-0.1, -0.05) is 24.6 Å². The molecule has 2 N–H and O–H groups in total. The summed E-state index contributed by atoms with van der Waals surface area (Å²) in [5.74, 6) is 3.01. The van der Waals surface area contributed by atoms with Crippen molar-refractivity contribution in [2.75, 3.05) is 47.1 Å². The van der Waals surface area contributed by atoms with E-state index in [-0.39, 0.29) is 19.0 Å². The molecule has 1 saturated carbocycles. The number of aliphatic hydroxyl groups excluding tert-OH is 1. The molecule has 0 aromatic heterocycles. The average Bonchev–Trinajstić information content (AvgIpc) is 2.79. The van der Waals surface area contributed by atoms with E-state index in [1.165, 1.54) is 24.8 Å². The van der Waals surface area contributed by atoms with Crippen LogP contribution in [0.25, 0.3) is 0 Å². The Bertz CT molecular complexity index is 798. The number of ether oxygens (including phenoxy) is 4. The Balaban J connectivity index is 0.00000385. The number of halogens is 1. The maximum Gasteiger partial charge on any atom is 0.160 e. The molecule has 1 fully saturated rings. The summed E-state index contributed by atoms with van der Waals surface area (Å²) in [6.07, 6.45) is 5.19. The van der Waals surface area contributed by atoms with Crippen molar-refractivity contribution in [1.29, 1.82) is 0 Å². The molecule has 6 nitrogen and oxygen atoms in total. The van der Waals surface area contributed by atoms with E-state index in [0.717, 1.165) is 61.3 Å². The molecule has 0 bridgehead atoms. The molecule has 2 aromatic carbocycles. The second-order valence-electron chi connectivity index (χ2n) is 8.37. The van der Waals surface area contributed by atoms with Crippen molar-refractivity contribution in [3.8, 4) is 17.2 Å². The van der Waals surface area contributed by atoms with Crippen molar-refractivity contribution >= 4 is 12.4 Å². The monoisotopic (exact) mass is 479 g/mol. The number of aliphatic hydroxyl groups is 1. The largest absolute Gasteiger partial charge is 0.493 e. The molecule has 1 unspecified atom stereocenters. The van der Waals surface area contributed by atoms with Crippen molar-refractivity contribution in [2.24, 2.45) is 5.92 Å². The molecule has 184 valence electrons. The van der Waals surface area contributed by atoms with Crippen molar-refractivity contribution in [3.05, 3.63) is 53.6 Å². The predicted octanol–water partition coefficient (Wildman–Crippen LogP) is 4.06. The van der Waals surface area contributed by atoms with Crippen molar-refractivity contribution < 1.29 is 24.1 Å². The highest BCUT2D eigenvalue weighted by atomic mass is 35.5. The Morgan fingerprint density at radius 3 is 2.36 bits per heavy atom. The molecule has 0 spiro atoms. The van der Waals surface area contributed by atoms with Gasteiger partial charge in [0, 0.05) is 13.2 Å². The number of nitrogens with one attached hydrogen (secondary N) is 1. The van der Waals surface area contributed by atoms with Crippen LogP contribution < -0.4 is 19.5 Å². The van der Waals surface area contributed by atoms with Crippen LogP contribution in [-0.2, 0) is 17.6 Å². The standard InChI is InChI=1S/C26H37NO5.ClH/c1-29-25-11-8-21(16-26(25)30-2)12-14-27-17-23(28)19-32-24-9-6-20(7-10-24)13-15-31-18-22-4-3-5-22;/h6-11,16,22-23,27-28H,3-5,12-15,17-19H2,1-2H3;1H. The molecule has 33 heavy (non-hydrogen) atoms. The minimum absolute atomic E-state index is 0. The molecule has 0 amide bonds. The highest BCUT2D eigenvalue weighted by Gasteiger charge is 2.16. The molecule has 7 heteroatoms. The second-order valence-corrected chi connectivity index (χ2v) is 8.37. The van der Waals surface area contributed by atoms with Crippen LogP contribution in [0.5, 0.6) is 17.2 Å². The van der Waals surface area contributed by atoms with Gasteiger partial charge in [-0.25, -0.2) is 0 Å². The summed E-state index contributed by atoms with van der Waals surface area (Å²) in [6, 6.07) is 13.9. The van der Waals surface area contributed by atoms with Crippen LogP contribution >= 0.6 is 12.4 Å². The highest BCUT2D eigenvalue weighted by Crippen LogP contribution is 2.27. The van der Waals surface area contributed by atoms with Crippen molar-refractivity contribution in [1.82, 2.24) is 5.32 Å². The first-order valence-corrected chi connectivity index (χ1v) is 11.6. The Labute approximate surface area is 204 Å². The minimum Gasteiger partial charge on any atom is -0.493 e. The van der Waals surface area contributed by atoms with E-state index in [2.05, 4.69) is 17.4 Å². The highest BCUT2D eigenvalue weighted by molar-refractivity contribution is 5.85. The fourth-order valence-corrected chi connectivity index (χ4v) is 3.64. The van der Waals surface area contributed by atoms with Gasteiger partial charge in [0.15, 0.2) is 11.5 Å². The summed E-state index contributed by atoms with van der Waals surface area (Å²) in [5, 5.41) is 13.5. The van der Waals surface area contributed by atoms with E-state index in [1.807, 2.05) is 30.3 Å². The lowest BCUT2D eigenvalue weighted by Crippen LogP contribution is -2.32. The van der Waals surface area contributed by atoms with Crippen LogP contribution in [0.3, 0.4) is 0 Å². The molecule has 1 atom stereocenters. The normalized spacial score (nSPS) is 14.2. The van der Waals surface area contributed by atoms with Crippen LogP contribution in [0, 0.1) is 5.92 Å². The minimum atomic E-state index is -0.569. The van der Waals surface area contributed by atoms with Gasteiger partial charge in [-0.2, -0.15) is 0 Å². The Morgan fingerprint density at radius 2 is 1.70 bits per heavy atom. The summed E-state index contributed by atoms with van der Waals surface area (Å²) in [6.45, 7) is 3.16. The molecule has 0 saturated heterocycles. The maximum absolute atomic E-state index is 10.2. The van der Waals surface area contributed by atoms with Gasteiger partial charge in [-0.05, 0) is 73.5 Å². The van der Waals surface area contributed by atoms with Gasteiger partial charge in [-0.15, -0.1) is 12.4 Å². The lowest BCUT2D eigenvalue weighted by molar-refractivity contribution is 0.0722. The van der Waals surface area contributed by atoms with Crippen LogP contribution in [0.4, 0.5) is 0 Å². The van der Waals surface area contributed by atoms with E-state index in [4.69, 9.17) is 18.9 Å². The molecule has 0 radical (unpaired) electrons. The third-order valence-electron chi connectivity index (χ3n) is 5.90. The van der Waals surface area contributed by atoms with Gasteiger partial charge in [0.05, 0.1) is 20.8 Å². The predicted molar refractivity (Wildman–Crippen MR) is 133 cm³/mol. The molecule has 2 aromatic rings. The molecule has 1 aliphatic carbocycles. The van der Waals surface area contributed by atoms with Crippen molar-refractivity contribution in [3.63, 3.8) is 0 Å². The number of hydrogen-bond donors (Lipinski definition) is 2. The summed E-state index contributed by atoms with van der Waals surface area (Å²) in [7, 11) is 3.26. The zero-order chi connectivity index (χ0) is 22.6. The van der Waals surface area contributed by atoms with Gasteiger partial charge in [0.1, 0.15) is 18.5 Å². The third kappa shape index (κ3) is 9.41. The first-order valence-electron chi connectivity index (χ1n) is 11.6. The zero-order valence-electron chi connectivity index (χ0n) is 19.8. The zero-order valence-corrected chi connectivity index (χ0v) is 20.6. The van der Waals surface area contributed by atoms with Crippen LogP contribution in [-0.4, -0.2) is 58.3 Å². The van der Waals surface area contributed by atoms with E-state index in [0.29, 0.717) is 6.54 Å². The summed E-state index contributed by atoms with van der Waals surface area (Å²) in [5.41, 5.74) is 2.39. The number of methoxy groups -OCH3 is 2. The van der Waals surface area contributed by atoms with Gasteiger partial charge in [-0.3, -0.25) is 0 Å². The van der Waals surface area contributed by atoms with Gasteiger partial charge in [0.25, 0.3) is 0 Å². The summed E-state index contributed by atoms with van der Waals surface area (Å²) >= 11 is 0. The maximum atomic E-state index is 10.2. The van der Waals surface area contributed by atoms with E-state index >= 15 is 0 Å². The SMILES string of the molecule is COc1ccc(CCNCC(O)COc2ccc(CCOCC3CCC3)cc2)cc1OC.Cl. The second kappa shape index (κ2) is 15.0. The van der Waals surface area contributed by atoms with Crippen LogP contribution in [0.15, 0.2) is 42.5 Å². The number of benzene rings is 2. The first-order chi connectivity index (χ1) is 15.7. The molecule has 3 rings (SSSR count). The van der Waals surface area contributed by atoms with E-state index < -0.39 is 6.10 Å². The molecule has 0 aliphatic heterocycles. The van der Waals surface area contributed by atoms with E-state index in [9.17, 15) is 5.11 Å². The summed E-state index contributed by atoms with van der Waals surface area (Å²) in [4.78, 5) is 0. The number of rotatable bonds is 15. The molecule has 1 aliphatic rings. The molecule has 0 heterocycles. The number of hydrogen-bond acceptors (Lipinski definition) is 6. The quantitative estimate of drug-likeness (QED) is 0.375. The molecular weight excluding hydrogens is 442 g/mol. The Hall–Kier alpha value is -1.99. The fourth-order valence-electron chi connectivity index (χ4n) is 3.64. The lowest BCUT2D eigenvalue weighted by Gasteiger charge is -2.24. The van der Waals surface area contributed by atoms with Crippen molar-refractivity contribution in [2.45, 2.75) is 38.2 Å². The van der Waals surface area contributed by atoms with Gasteiger partial charge >= 0.3 is 0 Å². The van der Waals surface area contributed by atoms with Gasteiger partial charge in [0.2, 0.25) is 0 Å². The Kier molecular flexibility index (Phi) is 12.4. The summed E-state index contributed by atoms with van der Waals surface area (Å²) < 4.78 is 22.1. The van der Waals surface area contributed by atoms with Crippen LogP contribution in [0.1, 0.15) is 30.4 Å². The lowest BCUT2D eigenvalue weighted by atomic mass is 9.86. The Morgan fingerprint density at radius 1 is 0.970 bits per heavy atom. The topological polar surface area (TPSA) is 69.2 Å². The van der Waals surface area contributed by atoms with E-state index in [1.54, 1.807) is 14.2 Å². The molecular formula is C26H38ClNO5. The smallest absolute Gasteiger partial charge is 0.160 e. The average molecular weight is 480 g/mol. The first kappa shape index (κ1) is 27.3.